The standard InChI is InChI=1S/C13H25N3O/c1-10(14)13(17)16-7-3-4-11(9-16)8-15(2)12-5-6-12/h10-12H,3-9,14H2,1-2H3/t10-,11-/m0/s1. The lowest BCUT2D eigenvalue weighted by atomic mass is 9.97. The molecule has 1 saturated heterocycles. The Labute approximate surface area is 104 Å². The molecule has 17 heavy (non-hydrogen) atoms. The van der Waals surface area contributed by atoms with E-state index in [1.54, 1.807) is 6.92 Å². The molecule has 1 aliphatic carbocycles. The van der Waals surface area contributed by atoms with Gasteiger partial charge in [0.1, 0.15) is 0 Å². The Morgan fingerprint density at radius 1 is 1.47 bits per heavy atom. The first-order valence-corrected chi connectivity index (χ1v) is 6.82. The van der Waals surface area contributed by atoms with Crippen molar-refractivity contribution in [1.82, 2.24) is 9.80 Å². The normalized spacial score (nSPS) is 27.3. The monoisotopic (exact) mass is 239 g/mol. The molecule has 1 heterocycles. The van der Waals surface area contributed by atoms with E-state index in [2.05, 4.69) is 11.9 Å². The molecule has 4 heteroatoms. The summed E-state index contributed by atoms with van der Waals surface area (Å²) in [6.45, 7) is 4.71. The maximum absolute atomic E-state index is 11.9. The predicted molar refractivity (Wildman–Crippen MR) is 68.6 cm³/mol. The maximum atomic E-state index is 11.9. The fourth-order valence-corrected chi connectivity index (χ4v) is 2.77. The maximum Gasteiger partial charge on any atom is 0.239 e. The summed E-state index contributed by atoms with van der Waals surface area (Å²) in [6.07, 6.45) is 5.08. The highest BCUT2D eigenvalue weighted by Crippen LogP contribution is 2.27. The Morgan fingerprint density at radius 2 is 2.18 bits per heavy atom. The van der Waals surface area contributed by atoms with Gasteiger partial charge in [0.2, 0.25) is 5.91 Å². The minimum atomic E-state index is -0.352. The van der Waals surface area contributed by atoms with Crippen molar-refractivity contribution in [3.63, 3.8) is 0 Å². The van der Waals surface area contributed by atoms with E-state index in [1.165, 1.54) is 19.3 Å². The molecule has 2 aliphatic rings. The van der Waals surface area contributed by atoms with Crippen LogP contribution in [0.2, 0.25) is 0 Å². The number of carbonyl (C=O) groups is 1. The molecule has 0 unspecified atom stereocenters. The Kier molecular flexibility index (Phi) is 4.05. The fourth-order valence-electron chi connectivity index (χ4n) is 2.77. The predicted octanol–water partition coefficient (Wildman–Crippen LogP) is 0.666. The summed E-state index contributed by atoms with van der Waals surface area (Å²) in [7, 11) is 2.21. The van der Waals surface area contributed by atoms with Gasteiger partial charge in [0.25, 0.3) is 0 Å². The largest absolute Gasteiger partial charge is 0.341 e. The van der Waals surface area contributed by atoms with Crippen molar-refractivity contribution >= 4 is 5.91 Å². The Balaban J connectivity index is 1.81. The second-order valence-corrected chi connectivity index (χ2v) is 5.75. The molecule has 0 aromatic heterocycles. The summed E-state index contributed by atoms with van der Waals surface area (Å²) in [4.78, 5) is 16.3. The Bertz CT molecular complexity index is 276. The lowest BCUT2D eigenvalue weighted by Gasteiger charge is -2.35. The molecule has 2 N–H and O–H groups in total. The highest BCUT2D eigenvalue weighted by molar-refractivity contribution is 5.81. The highest BCUT2D eigenvalue weighted by atomic mass is 16.2. The summed E-state index contributed by atoms with van der Waals surface area (Å²) < 4.78 is 0. The van der Waals surface area contributed by atoms with Gasteiger partial charge in [-0.2, -0.15) is 0 Å². The van der Waals surface area contributed by atoms with Gasteiger partial charge in [0, 0.05) is 25.7 Å². The highest BCUT2D eigenvalue weighted by Gasteiger charge is 2.30. The first kappa shape index (κ1) is 12.8. The van der Waals surface area contributed by atoms with Gasteiger partial charge >= 0.3 is 0 Å². The topological polar surface area (TPSA) is 49.6 Å². The van der Waals surface area contributed by atoms with Gasteiger partial charge in [-0.3, -0.25) is 4.79 Å². The lowest BCUT2D eigenvalue weighted by Crippen LogP contribution is -2.48. The molecule has 0 bridgehead atoms. The van der Waals surface area contributed by atoms with Crippen LogP contribution in [0.5, 0.6) is 0 Å². The van der Waals surface area contributed by atoms with Crippen LogP contribution in [0.15, 0.2) is 0 Å². The van der Waals surface area contributed by atoms with E-state index >= 15 is 0 Å². The molecule has 0 radical (unpaired) electrons. The molecular formula is C13H25N3O. The van der Waals surface area contributed by atoms with Crippen molar-refractivity contribution in [2.24, 2.45) is 11.7 Å². The third kappa shape index (κ3) is 3.42. The van der Waals surface area contributed by atoms with Crippen LogP contribution in [-0.2, 0) is 4.79 Å². The van der Waals surface area contributed by atoms with E-state index in [9.17, 15) is 4.79 Å². The molecule has 2 fully saturated rings. The first-order chi connectivity index (χ1) is 8.08. The minimum Gasteiger partial charge on any atom is -0.341 e. The molecule has 1 aliphatic heterocycles. The molecule has 1 amide bonds. The summed E-state index contributed by atoms with van der Waals surface area (Å²) in [5, 5.41) is 0. The fraction of sp³-hybridized carbons (Fsp3) is 0.923. The average Bonchev–Trinajstić information content (AvgIpc) is 3.12. The zero-order chi connectivity index (χ0) is 12.4. The summed E-state index contributed by atoms with van der Waals surface area (Å²) >= 11 is 0. The number of piperidine rings is 1. The number of rotatable bonds is 4. The molecule has 2 atom stereocenters. The van der Waals surface area contributed by atoms with E-state index in [4.69, 9.17) is 5.73 Å². The average molecular weight is 239 g/mol. The quantitative estimate of drug-likeness (QED) is 0.784. The van der Waals surface area contributed by atoms with E-state index in [0.717, 1.165) is 32.1 Å². The molecular weight excluding hydrogens is 214 g/mol. The van der Waals surface area contributed by atoms with Gasteiger partial charge in [0.15, 0.2) is 0 Å². The number of hydrogen-bond acceptors (Lipinski definition) is 3. The van der Waals surface area contributed by atoms with Crippen molar-refractivity contribution in [3.8, 4) is 0 Å². The summed E-state index contributed by atoms with van der Waals surface area (Å²) in [5.41, 5.74) is 5.67. The van der Waals surface area contributed by atoms with Crippen LogP contribution in [0.25, 0.3) is 0 Å². The number of carbonyl (C=O) groups excluding carboxylic acids is 1. The van der Waals surface area contributed by atoms with Crippen LogP contribution in [0, 0.1) is 5.92 Å². The third-order valence-electron chi connectivity index (χ3n) is 3.94. The van der Waals surface area contributed by atoms with E-state index in [1.807, 2.05) is 4.90 Å². The van der Waals surface area contributed by atoms with Crippen LogP contribution in [-0.4, -0.2) is 54.5 Å². The van der Waals surface area contributed by atoms with Gasteiger partial charge in [-0.15, -0.1) is 0 Å². The molecule has 0 aromatic rings. The zero-order valence-corrected chi connectivity index (χ0v) is 11.1. The number of hydrogen-bond donors (Lipinski definition) is 1. The summed E-state index contributed by atoms with van der Waals surface area (Å²) in [6, 6.07) is 0.462. The Hall–Kier alpha value is -0.610. The van der Waals surface area contributed by atoms with Crippen molar-refractivity contribution in [2.75, 3.05) is 26.7 Å². The van der Waals surface area contributed by atoms with E-state index in [-0.39, 0.29) is 11.9 Å². The Morgan fingerprint density at radius 3 is 2.76 bits per heavy atom. The van der Waals surface area contributed by atoms with Crippen LogP contribution in [0.3, 0.4) is 0 Å². The van der Waals surface area contributed by atoms with Crippen molar-refractivity contribution in [1.29, 1.82) is 0 Å². The molecule has 98 valence electrons. The molecule has 4 nitrogen and oxygen atoms in total. The third-order valence-corrected chi connectivity index (χ3v) is 3.94. The van der Waals surface area contributed by atoms with Crippen molar-refractivity contribution < 1.29 is 4.79 Å². The smallest absolute Gasteiger partial charge is 0.239 e. The summed E-state index contributed by atoms with van der Waals surface area (Å²) in [5.74, 6) is 0.751. The lowest BCUT2D eigenvalue weighted by molar-refractivity contribution is -0.134. The van der Waals surface area contributed by atoms with Crippen molar-refractivity contribution in [2.45, 2.75) is 44.7 Å². The van der Waals surface area contributed by atoms with Crippen LogP contribution in [0.1, 0.15) is 32.6 Å². The number of amides is 1. The number of nitrogens with zero attached hydrogens (tertiary/aromatic N) is 2. The second kappa shape index (κ2) is 5.36. The van der Waals surface area contributed by atoms with E-state index < -0.39 is 0 Å². The van der Waals surface area contributed by atoms with Crippen LogP contribution >= 0.6 is 0 Å². The van der Waals surface area contributed by atoms with Crippen LogP contribution < -0.4 is 5.73 Å². The molecule has 0 aromatic carbocycles. The SMILES string of the molecule is C[C@H](N)C(=O)N1CCC[C@@H](CN(C)C2CC2)C1. The first-order valence-electron chi connectivity index (χ1n) is 6.82. The van der Waals surface area contributed by atoms with Crippen LogP contribution in [0.4, 0.5) is 0 Å². The second-order valence-electron chi connectivity index (χ2n) is 5.75. The van der Waals surface area contributed by atoms with Gasteiger partial charge in [-0.25, -0.2) is 0 Å². The van der Waals surface area contributed by atoms with Gasteiger partial charge in [-0.1, -0.05) is 0 Å². The van der Waals surface area contributed by atoms with Gasteiger partial charge in [-0.05, 0) is 45.6 Å². The number of likely N-dealkylation sites (tertiary alicyclic amines) is 1. The minimum absolute atomic E-state index is 0.115. The van der Waals surface area contributed by atoms with Gasteiger partial charge in [0.05, 0.1) is 6.04 Å². The molecule has 0 spiro atoms. The van der Waals surface area contributed by atoms with Crippen molar-refractivity contribution in [3.05, 3.63) is 0 Å². The number of nitrogens with two attached hydrogens (primary N) is 1. The molecule has 2 rings (SSSR count). The zero-order valence-electron chi connectivity index (χ0n) is 11.1. The van der Waals surface area contributed by atoms with Gasteiger partial charge < -0.3 is 15.5 Å². The molecule has 1 saturated carbocycles. The van der Waals surface area contributed by atoms with E-state index in [0.29, 0.717) is 5.92 Å².